The van der Waals surface area contributed by atoms with Crippen molar-refractivity contribution in [2.45, 2.75) is 58.0 Å². The Labute approximate surface area is 189 Å². The monoisotopic (exact) mass is 430 g/mol. The molecule has 2 aromatic carbocycles. The molecule has 166 valence electrons. The molecule has 3 aromatic rings. The van der Waals surface area contributed by atoms with Gasteiger partial charge in [0.1, 0.15) is 5.69 Å². The number of benzene rings is 2. The fraction of sp³-hybridized carbons (Fsp3) is 0.423. The predicted molar refractivity (Wildman–Crippen MR) is 126 cm³/mol. The standard InChI is InChI=1S/C26H30N4O2/c1-4-30-27-16-23(29-30)17-10-12-18(13-11-17)26-21-15-24(31-3)25(32-5-2)14-20(21)19-8-6-7-9-22(19)28-26/h10-16,19,22H,4-9H2,1-3H3. The van der Waals surface area contributed by atoms with Crippen LogP contribution in [0, 0.1) is 0 Å². The van der Waals surface area contributed by atoms with Crippen molar-refractivity contribution in [3.63, 3.8) is 0 Å². The lowest BCUT2D eigenvalue weighted by Crippen LogP contribution is -2.29. The quantitative estimate of drug-likeness (QED) is 0.536. The zero-order valence-electron chi connectivity index (χ0n) is 19.0. The SMILES string of the molecule is CCOc1cc2c(cc1OC)C(c1ccc(-c3cnn(CC)n3)cc1)=NC1CCCCC21. The largest absolute Gasteiger partial charge is 0.493 e. The van der Waals surface area contributed by atoms with E-state index in [9.17, 15) is 0 Å². The van der Waals surface area contributed by atoms with Crippen molar-refractivity contribution >= 4 is 5.71 Å². The summed E-state index contributed by atoms with van der Waals surface area (Å²) in [6.07, 6.45) is 6.64. The van der Waals surface area contributed by atoms with E-state index in [1.54, 1.807) is 11.9 Å². The Bertz CT molecular complexity index is 1130. The van der Waals surface area contributed by atoms with Gasteiger partial charge in [0.25, 0.3) is 0 Å². The molecule has 0 radical (unpaired) electrons. The van der Waals surface area contributed by atoms with Crippen molar-refractivity contribution < 1.29 is 9.47 Å². The molecule has 1 fully saturated rings. The van der Waals surface area contributed by atoms with Gasteiger partial charge < -0.3 is 9.47 Å². The molecule has 32 heavy (non-hydrogen) atoms. The fourth-order valence-corrected chi connectivity index (χ4v) is 4.99. The van der Waals surface area contributed by atoms with Crippen LogP contribution >= 0.6 is 0 Å². The Morgan fingerprint density at radius 3 is 2.50 bits per heavy atom. The van der Waals surface area contributed by atoms with Gasteiger partial charge in [-0.3, -0.25) is 4.99 Å². The summed E-state index contributed by atoms with van der Waals surface area (Å²) in [6.45, 7) is 5.43. The minimum atomic E-state index is 0.332. The maximum Gasteiger partial charge on any atom is 0.161 e. The van der Waals surface area contributed by atoms with Gasteiger partial charge in [-0.2, -0.15) is 15.0 Å². The first-order valence-corrected chi connectivity index (χ1v) is 11.7. The number of hydrogen-bond acceptors (Lipinski definition) is 5. The van der Waals surface area contributed by atoms with Crippen LogP contribution in [-0.2, 0) is 6.54 Å². The van der Waals surface area contributed by atoms with Crippen LogP contribution in [0.5, 0.6) is 11.5 Å². The molecule has 1 aliphatic carbocycles. The summed E-state index contributed by atoms with van der Waals surface area (Å²) in [6, 6.07) is 13.2. The van der Waals surface area contributed by atoms with Crippen LogP contribution in [0.3, 0.4) is 0 Å². The molecule has 2 unspecified atom stereocenters. The van der Waals surface area contributed by atoms with Crippen molar-refractivity contribution in [3.05, 3.63) is 59.3 Å². The van der Waals surface area contributed by atoms with Crippen LogP contribution in [0.1, 0.15) is 62.1 Å². The molecule has 2 heterocycles. The molecule has 1 saturated carbocycles. The number of aliphatic imine (C=N–C) groups is 1. The Hall–Kier alpha value is -3.15. The summed E-state index contributed by atoms with van der Waals surface area (Å²) in [7, 11) is 1.70. The molecule has 1 aromatic heterocycles. The first-order chi connectivity index (χ1) is 15.7. The van der Waals surface area contributed by atoms with E-state index in [0.29, 0.717) is 18.6 Å². The van der Waals surface area contributed by atoms with E-state index in [1.807, 2.05) is 20.0 Å². The van der Waals surface area contributed by atoms with E-state index in [4.69, 9.17) is 14.5 Å². The molecule has 1 aliphatic heterocycles. The molecule has 0 N–H and O–H groups in total. The third kappa shape index (κ3) is 3.68. The third-order valence-corrected chi connectivity index (χ3v) is 6.59. The fourth-order valence-electron chi connectivity index (χ4n) is 4.99. The Morgan fingerprint density at radius 2 is 1.78 bits per heavy atom. The van der Waals surface area contributed by atoms with Gasteiger partial charge in [0.15, 0.2) is 11.5 Å². The summed E-state index contributed by atoms with van der Waals surface area (Å²) in [5.41, 5.74) is 6.63. The van der Waals surface area contributed by atoms with Crippen molar-refractivity contribution in [2.24, 2.45) is 4.99 Å². The molecule has 6 heteroatoms. The average Bonchev–Trinajstić information content (AvgIpc) is 3.33. The van der Waals surface area contributed by atoms with Crippen LogP contribution in [-0.4, -0.2) is 40.5 Å². The maximum atomic E-state index is 5.91. The number of hydrogen-bond donors (Lipinski definition) is 0. The van der Waals surface area contributed by atoms with Gasteiger partial charge in [0.2, 0.25) is 0 Å². The summed E-state index contributed by atoms with van der Waals surface area (Å²) in [5.74, 6) is 2.05. The molecule has 2 atom stereocenters. The number of aryl methyl sites for hydroxylation is 1. The lowest BCUT2D eigenvalue weighted by Gasteiger charge is -2.36. The highest BCUT2D eigenvalue weighted by atomic mass is 16.5. The van der Waals surface area contributed by atoms with Crippen LogP contribution < -0.4 is 9.47 Å². The number of rotatable bonds is 6. The second-order valence-corrected chi connectivity index (χ2v) is 8.46. The van der Waals surface area contributed by atoms with Crippen LogP contribution in [0.4, 0.5) is 0 Å². The van der Waals surface area contributed by atoms with E-state index in [1.165, 1.54) is 24.8 Å². The van der Waals surface area contributed by atoms with Gasteiger partial charge in [0.05, 0.1) is 38.2 Å². The molecule has 2 aliphatic rings. The lowest BCUT2D eigenvalue weighted by molar-refractivity contribution is 0.308. The molecule has 0 amide bonds. The highest BCUT2D eigenvalue weighted by Gasteiger charge is 2.34. The summed E-state index contributed by atoms with van der Waals surface area (Å²) in [5, 5.41) is 8.82. The third-order valence-electron chi connectivity index (χ3n) is 6.59. The summed E-state index contributed by atoms with van der Waals surface area (Å²) in [4.78, 5) is 6.98. The van der Waals surface area contributed by atoms with Gasteiger partial charge in [-0.1, -0.05) is 37.1 Å². The Morgan fingerprint density at radius 1 is 1.00 bits per heavy atom. The molecule has 0 bridgehead atoms. The second kappa shape index (κ2) is 8.77. The average molecular weight is 431 g/mol. The van der Waals surface area contributed by atoms with E-state index in [-0.39, 0.29) is 0 Å². The lowest BCUT2D eigenvalue weighted by atomic mass is 9.75. The number of methoxy groups -OCH3 is 1. The zero-order valence-corrected chi connectivity index (χ0v) is 19.0. The van der Waals surface area contributed by atoms with Crippen molar-refractivity contribution in [2.75, 3.05) is 13.7 Å². The van der Waals surface area contributed by atoms with Crippen LogP contribution in [0.25, 0.3) is 11.3 Å². The number of fused-ring (bicyclic) bond motifs is 3. The number of ether oxygens (including phenoxy) is 2. The molecular formula is C26H30N4O2. The first kappa shape index (κ1) is 20.7. The van der Waals surface area contributed by atoms with Crippen molar-refractivity contribution in [3.8, 4) is 22.8 Å². The predicted octanol–water partition coefficient (Wildman–Crippen LogP) is 5.25. The highest BCUT2D eigenvalue weighted by molar-refractivity contribution is 6.15. The Balaban J connectivity index is 1.57. The summed E-state index contributed by atoms with van der Waals surface area (Å²) < 4.78 is 11.6. The normalized spacial score (nSPS) is 19.7. The molecule has 0 saturated heterocycles. The van der Waals surface area contributed by atoms with Crippen molar-refractivity contribution in [1.82, 2.24) is 15.0 Å². The van der Waals surface area contributed by atoms with Crippen LogP contribution in [0.2, 0.25) is 0 Å². The van der Waals surface area contributed by atoms with Gasteiger partial charge in [0, 0.05) is 22.6 Å². The Kier molecular flexibility index (Phi) is 5.68. The number of aromatic nitrogens is 3. The molecule has 0 spiro atoms. The minimum absolute atomic E-state index is 0.332. The molecule has 6 nitrogen and oxygen atoms in total. The van der Waals surface area contributed by atoms with Gasteiger partial charge in [-0.25, -0.2) is 0 Å². The molecular weight excluding hydrogens is 400 g/mol. The maximum absolute atomic E-state index is 5.91. The smallest absolute Gasteiger partial charge is 0.161 e. The molecule has 5 rings (SSSR count). The minimum Gasteiger partial charge on any atom is -0.493 e. The van der Waals surface area contributed by atoms with E-state index in [0.717, 1.165) is 52.6 Å². The summed E-state index contributed by atoms with van der Waals surface area (Å²) >= 11 is 0. The van der Waals surface area contributed by atoms with E-state index < -0.39 is 0 Å². The zero-order chi connectivity index (χ0) is 22.1. The number of nitrogens with zero attached hydrogens (tertiary/aromatic N) is 4. The van der Waals surface area contributed by atoms with Crippen molar-refractivity contribution in [1.29, 1.82) is 0 Å². The van der Waals surface area contributed by atoms with Gasteiger partial charge in [-0.05, 0) is 44.4 Å². The van der Waals surface area contributed by atoms with E-state index in [2.05, 4.69) is 46.6 Å². The first-order valence-electron chi connectivity index (χ1n) is 11.7. The highest BCUT2D eigenvalue weighted by Crippen LogP contribution is 2.44. The van der Waals surface area contributed by atoms with Gasteiger partial charge in [-0.15, -0.1) is 0 Å². The topological polar surface area (TPSA) is 61.5 Å². The second-order valence-electron chi connectivity index (χ2n) is 8.46. The van der Waals surface area contributed by atoms with E-state index >= 15 is 0 Å². The van der Waals surface area contributed by atoms with Gasteiger partial charge >= 0.3 is 0 Å². The van der Waals surface area contributed by atoms with Crippen LogP contribution in [0.15, 0.2) is 47.6 Å².